The van der Waals surface area contributed by atoms with Gasteiger partial charge in [0.25, 0.3) is 0 Å². The summed E-state index contributed by atoms with van der Waals surface area (Å²) in [5, 5.41) is 0. The van der Waals surface area contributed by atoms with Gasteiger partial charge >= 0.3 is 67.8 Å². The summed E-state index contributed by atoms with van der Waals surface area (Å²) < 4.78 is 45.0. The second kappa shape index (κ2) is 648. The molecule has 0 amide bonds. The first-order chi connectivity index (χ1) is 8.91. The van der Waals surface area contributed by atoms with Gasteiger partial charge in [-0.2, -0.15) is 0 Å². The molecule has 0 aliphatic carbocycles. The van der Waals surface area contributed by atoms with Crippen molar-refractivity contribution in [1.29, 1.82) is 0 Å². The zero-order chi connectivity index (χ0) is 16.8. The molecule has 0 atom stereocenters. The van der Waals surface area contributed by atoms with Gasteiger partial charge in [0.15, 0.2) is 0 Å². The van der Waals surface area contributed by atoms with E-state index in [-0.39, 0.29) is 34.1 Å². The van der Waals surface area contributed by atoms with Crippen LogP contribution < -0.4 is 0 Å². The third kappa shape index (κ3) is 1320. The van der Waals surface area contributed by atoms with Gasteiger partial charge < -0.3 is 0 Å². The quantitative estimate of drug-likeness (QED) is 0.270. The van der Waals surface area contributed by atoms with E-state index in [4.69, 9.17) is 27.9 Å². The second-order valence-corrected chi connectivity index (χ2v) is 0.866. The minimum absolute atomic E-state index is 0. The van der Waals surface area contributed by atoms with Crippen molar-refractivity contribution >= 4 is 0 Å². The van der Waals surface area contributed by atoms with Gasteiger partial charge in [0, 0.05) is 34.1 Å². The van der Waals surface area contributed by atoms with E-state index >= 15 is 0 Å². The molecule has 0 aromatic heterocycles. The molecule has 108 valence electrons. The first-order valence-electron chi connectivity index (χ1n) is 3.21. The Morgan fingerprint density at radius 1 is 0.500 bits per heavy atom. The van der Waals surface area contributed by atoms with Crippen molar-refractivity contribution in [3.8, 4) is 0 Å². The fourth-order valence-corrected chi connectivity index (χ4v) is 0.167. The third-order valence-electron chi connectivity index (χ3n) is 0.372. The molecular formula is C12H8Fe2O6. The van der Waals surface area contributed by atoms with Crippen LogP contribution in [0.4, 0.5) is 0 Å². The van der Waals surface area contributed by atoms with Crippen molar-refractivity contribution in [2.45, 2.75) is 13.8 Å². The Balaban J connectivity index is -0.0000000109. The van der Waals surface area contributed by atoms with Gasteiger partial charge in [-0.3, -0.25) is 0 Å². The minimum Gasteiger partial charge on any atom is 0 e. The average molecular weight is 360 g/mol. The Morgan fingerprint density at radius 2 is 0.600 bits per heavy atom. The van der Waals surface area contributed by atoms with Crippen LogP contribution in [0.25, 0.3) is 0 Å². The first-order valence-corrected chi connectivity index (χ1v) is 3.21. The van der Waals surface area contributed by atoms with Crippen LogP contribution in [-0.4, -0.2) is 0 Å². The van der Waals surface area contributed by atoms with Crippen LogP contribution in [0.3, 0.4) is 0 Å². The molecule has 0 aromatic rings. The van der Waals surface area contributed by atoms with E-state index in [1.807, 2.05) is 26.0 Å². The van der Waals surface area contributed by atoms with Gasteiger partial charge in [-0.25, -0.2) is 0 Å². The molecule has 0 spiro atoms. The van der Waals surface area contributed by atoms with Crippen molar-refractivity contribution in [2.24, 2.45) is 0 Å². The Bertz CT molecular complexity index is 250. The Hall–Kier alpha value is -1.22. The average Bonchev–Trinajstić information content (AvgIpc) is 2.57. The molecule has 0 saturated carbocycles. The maximum atomic E-state index is 7.50. The van der Waals surface area contributed by atoms with E-state index in [0.29, 0.717) is 0 Å². The van der Waals surface area contributed by atoms with Crippen LogP contribution in [0.2, 0.25) is 0 Å². The summed E-state index contributed by atoms with van der Waals surface area (Å²) in [5.41, 5.74) is 5.53. The van der Waals surface area contributed by atoms with E-state index in [2.05, 4.69) is 51.4 Å². The zero-order valence-corrected chi connectivity index (χ0v) is 12.5. The van der Waals surface area contributed by atoms with E-state index < -0.39 is 0 Å². The smallest absolute Gasteiger partial charge is 0 e. The SMILES string of the molecule is CC=C=C=CC.[C-]#[O+].[C-]#[O+].[C-]#[O+].[C-]#[O+].[C-]#[O+].[C-]#[O+].[Fe].[Fe]. The molecule has 0 rings (SSSR count). The predicted molar refractivity (Wildman–Crippen MR) is 51.1 cm³/mol. The van der Waals surface area contributed by atoms with Crippen LogP contribution in [-0.2, 0) is 62.1 Å². The van der Waals surface area contributed by atoms with E-state index in [0.717, 1.165) is 0 Å². The summed E-state index contributed by atoms with van der Waals surface area (Å²) in [6.07, 6.45) is 3.64. The van der Waals surface area contributed by atoms with Gasteiger partial charge in [0.2, 0.25) is 0 Å². The van der Waals surface area contributed by atoms with Crippen molar-refractivity contribution in [2.75, 3.05) is 0 Å². The monoisotopic (exact) mass is 360 g/mol. The van der Waals surface area contributed by atoms with Gasteiger partial charge in [-0.15, -0.1) is 0 Å². The van der Waals surface area contributed by atoms with Crippen molar-refractivity contribution in [3.05, 3.63) is 63.5 Å². The van der Waals surface area contributed by atoms with Crippen LogP contribution in [0, 0.1) is 39.9 Å². The predicted octanol–water partition coefficient (Wildman–Crippen LogP) is 1.66. The summed E-state index contributed by atoms with van der Waals surface area (Å²) in [7, 11) is 0. The maximum absolute atomic E-state index is 7.50. The van der Waals surface area contributed by atoms with Crippen LogP contribution in [0.5, 0.6) is 0 Å². The molecule has 20 heavy (non-hydrogen) atoms. The van der Waals surface area contributed by atoms with Gasteiger partial charge in [-0.05, 0) is 26.0 Å². The zero-order valence-electron chi connectivity index (χ0n) is 10.3. The van der Waals surface area contributed by atoms with Crippen LogP contribution in [0.15, 0.2) is 23.6 Å². The summed E-state index contributed by atoms with van der Waals surface area (Å²) in [5.74, 6) is 0. The molecule has 0 radical (unpaired) electrons. The molecule has 0 saturated heterocycles. The molecule has 0 fully saturated rings. The first kappa shape index (κ1) is 62.1. The summed E-state index contributed by atoms with van der Waals surface area (Å²) in [6, 6.07) is 0. The molecule has 0 heterocycles. The topological polar surface area (TPSA) is 119 Å². The van der Waals surface area contributed by atoms with E-state index in [1.54, 1.807) is 0 Å². The summed E-state index contributed by atoms with van der Waals surface area (Å²) in [6.45, 7) is 30.8. The molecule has 0 aliphatic heterocycles. The van der Waals surface area contributed by atoms with E-state index in [9.17, 15) is 0 Å². The normalized spacial score (nSPS) is 2.10. The maximum Gasteiger partial charge on any atom is 0 e. The van der Waals surface area contributed by atoms with Crippen LogP contribution in [0.1, 0.15) is 13.8 Å². The van der Waals surface area contributed by atoms with E-state index in [1.165, 1.54) is 0 Å². The molecule has 6 nitrogen and oxygen atoms in total. The number of allylic oxidation sites excluding steroid dienone is 2. The standard InChI is InChI=1S/C6H8.6CO.2Fe/c1-3-5-6-4-2;6*1-2;;/h3-4H,1-2H3;;;;;;;;. The molecule has 8 heteroatoms. The number of hydrogen-bond donors (Lipinski definition) is 0. The molecule has 0 unspecified atom stereocenters. The Kier molecular flexibility index (Phi) is 2010. The van der Waals surface area contributed by atoms with Crippen molar-refractivity contribution < 1.29 is 62.1 Å². The molecular weight excluding hydrogens is 352 g/mol. The summed E-state index contributed by atoms with van der Waals surface area (Å²) >= 11 is 0. The summed E-state index contributed by atoms with van der Waals surface area (Å²) in [4.78, 5) is 0. The molecule has 0 bridgehead atoms. The minimum atomic E-state index is 0. The van der Waals surface area contributed by atoms with Crippen molar-refractivity contribution in [1.82, 2.24) is 0 Å². The molecule has 0 N–H and O–H groups in total. The molecule has 0 aromatic carbocycles. The van der Waals surface area contributed by atoms with Gasteiger partial charge in [0.1, 0.15) is 0 Å². The molecule has 0 aliphatic rings. The van der Waals surface area contributed by atoms with Gasteiger partial charge in [0.05, 0.1) is 0 Å². The van der Waals surface area contributed by atoms with Gasteiger partial charge in [-0.1, -0.05) is 11.5 Å². The number of rotatable bonds is 0. The second-order valence-electron chi connectivity index (χ2n) is 0.866. The fourth-order valence-electron chi connectivity index (χ4n) is 0.167. The third-order valence-corrected chi connectivity index (χ3v) is 0.372. The largest absolute Gasteiger partial charge is 0 e. The Morgan fingerprint density at radius 3 is 0.650 bits per heavy atom. The number of hydrogen-bond acceptors (Lipinski definition) is 0. The van der Waals surface area contributed by atoms with Crippen LogP contribution >= 0.6 is 0 Å². The fraction of sp³-hybridized carbons (Fsp3) is 0.167. The van der Waals surface area contributed by atoms with Crippen molar-refractivity contribution in [3.63, 3.8) is 0 Å². The Labute approximate surface area is 139 Å².